The molecule has 0 fully saturated rings. The lowest BCUT2D eigenvalue weighted by molar-refractivity contribution is -0.384. The smallest absolute Gasteiger partial charge is 0.273 e. The zero-order valence-corrected chi connectivity index (χ0v) is 15.8. The van der Waals surface area contributed by atoms with E-state index < -0.39 is 22.7 Å². The molecule has 0 aliphatic rings. The number of ether oxygens (including phenoxy) is 2. The molecular formula is C18H18N4O7. The Bertz CT molecular complexity index is 975. The summed E-state index contributed by atoms with van der Waals surface area (Å²) >= 11 is 0. The molecule has 11 nitrogen and oxygen atoms in total. The van der Waals surface area contributed by atoms with Crippen LogP contribution in [0, 0.1) is 10.1 Å². The van der Waals surface area contributed by atoms with E-state index in [2.05, 4.69) is 15.5 Å². The summed E-state index contributed by atoms with van der Waals surface area (Å²) < 4.78 is 10.1. The lowest BCUT2D eigenvalue weighted by atomic mass is 10.2. The van der Waals surface area contributed by atoms with Crippen LogP contribution in [0.4, 0.5) is 17.1 Å². The van der Waals surface area contributed by atoms with Gasteiger partial charge < -0.3 is 19.9 Å². The number of nitrogens with zero attached hydrogens (tertiary/aromatic N) is 3. The van der Waals surface area contributed by atoms with Gasteiger partial charge in [0.15, 0.2) is 11.5 Å². The standard InChI is InChI=1S/C18H18N4O7/c1-10(23)17(18(25)19-13-7-5-12(24)9-16(13)29-3)21-20-14-6-4-11(22(26)27)8-15(14)28-2/h4-9,17,24H,1-3H3,(H,19,25). The number of phenolic OH excluding ortho intramolecular Hbond substituents is 1. The van der Waals surface area contributed by atoms with Crippen LogP contribution in [0.1, 0.15) is 6.92 Å². The normalized spacial score (nSPS) is 11.7. The second-order valence-corrected chi connectivity index (χ2v) is 5.72. The number of Topliss-reactive ketones (excluding diaryl/α,β-unsaturated/α-hetero) is 1. The van der Waals surface area contributed by atoms with Crippen molar-refractivity contribution in [2.24, 2.45) is 10.2 Å². The molecule has 0 aromatic heterocycles. The highest BCUT2D eigenvalue weighted by molar-refractivity contribution is 6.10. The third-order valence-electron chi connectivity index (χ3n) is 3.73. The Kier molecular flexibility index (Phi) is 6.80. The lowest BCUT2D eigenvalue weighted by Crippen LogP contribution is -2.31. The number of methoxy groups -OCH3 is 2. The number of anilines is 1. The molecule has 0 heterocycles. The monoisotopic (exact) mass is 402 g/mol. The maximum Gasteiger partial charge on any atom is 0.273 e. The number of hydrogen-bond acceptors (Lipinski definition) is 9. The maximum absolute atomic E-state index is 12.5. The first kappa shape index (κ1) is 21.3. The van der Waals surface area contributed by atoms with Crippen LogP contribution in [0.2, 0.25) is 0 Å². The number of non-ortho nitro benzene ring substituents is 1. The van der Waals surface area contributed by atoms with E-state index in [0.717, 1.165) is 6.07 Å². The molecule has 0 saturated carbocycles. The molecule has 1 amide bonds. The number of hydrogen-bond donors (Lipinski definition) is 2. The van der Waals surface area contributed by atoms with Gasteiger partial charge in [0.05, 0.1) is 30.9 Å². The number of carbonyl (C=O) groups is 2. The van der Waals surface area contributed by atoms with Crippen molar-refractivity contribution < 1.29 is 29.1 Å². The van der Waals surface area contributed by atoms with Gasteiger partial charge >= 0.3 is 0 Å². The van der Waals surface area contributed by atoms with Crippen molar-refractivity contribution in [2.45, 2.75) is 13.0 Å². The molecule has 2 N–H and O–H groups in total. The lowest BCUT2D eigenvalue weighted by Gasteiger charge is -2.13. The fourth-order valence-electron chi connectivity index (χ4n) is 2.29. The molecule has 2 rings (SSSR count). The number of aromatic hydroxyl groups is 1. The molecule has 2 aromatic carbocycles. The summed E-state index contributed by atoms with van der Waals surface area (Å²) in [6.45, 7) is 1.17. The van der Waals surface area contributed by atoms with Crippen molar-refractivity contribution in [3.05, 3.63) is 46.5 Å². The Morgan fingerprint density at radius 3 is 2.41 bits per heavy atom. The summed E-state index contributed by atoms with van der Waals surface area (Å²) in [5.41, 5.74) is 0.130. The summed E-state index contributed by atoms with van der Waals surface area (Å²) in [6.07, 6.45) is 0. The van der Waals surface area contributed by atoms with Gasteiger partial charge in [-0.2, -0.15) is 10.2 Å². The summed E-state index contributed by atoms with van der Waals surface area (Å²) in [4.78, 5) is 34.6. The number of carbonyl (C=O) groups excluding carboxylic acids is 2. The van der Waals surface area contributed by atoms with E-state index in [9.17, 15) is 24.8 Å². The van der Waals surface area contributed by atoms with Crippen LogP contribution in [-0.2, 0) is 9.59 Å². The third kappa shape index (κ3) is 5.25. The molecule has 11 heteroatoms. The fourth-order valence-corrected chi connectivity index (χ4v) is 2.29. The van der Waals surface area contributed by atoms with Gasteiger partial charge in [-0.3, -0.25) is 19.7 Å². The van der Waals surface area contributed by atoms with E-state index in [0.29, 0.717) is 0 Å². The predicted octanol–water partition coefficient (Wildman–Crippen LogP) is 3.00. The van der Waals surface area contributed by atoms with Crippen LogP contribution in [0.3, 0.4) is 0 Å². The zero-order chi connectivity index (χ0) is 21.6. The molecule has 29 heavy (non-hydrogen) atoms. The Labute approximate surface area is 165 Å². The fraction of sp³-hybridized carbons (Fsp3) is 0.222. The minimum Gasteiger partial charge on any atom is -0.508 e. The minimum absolute atomic E-state index is 0.0610. The molecule has 1 atom stereocenters. The molecule has 2 aromatic rings. The number of phenols is 1. The Morgan fingerprint density at radius 1 is 1.14 bits per heavy atom. The van der Waals surface area contributed by atoms with Crippen LogP contribution in [0.15, 0.2) is 46.6 Å². The number of nitro groups is 1. The van der Waals surface area contributed by atoms with Gasteiger partial charge in [-0.15, -0.1) is 0 Å². The molecule has 0 radical (unpaired) electrons. The Balaban J connectivity index is 2.27. The minimum atomic E-state index is -1.48. The van der Waals surface area contributed by atoms with Crippen molar-refractivity contribution >= 4 is 28.8 Å². The van der Waals surface area contributed by atoms with Gasteiger partial charge in [0, 0.05) is 12.1 Å². The topological polar surface area (TPSA) is 153 Å². The molecular weight excluding hydrogens is 384 g/mol. The second-order valence-electron chi connectivity index (χ2n) is 5.72. The number of azo groups is 1. The molecule has 0 aliphatic carbocycles. The van der Waals surface area contributed by atoms with Gasteiger partial charge in [0.2, 0.25) is 6.04 Å². The van der Waals surface area contributed by atoms with Crippen LogP contribution in [-0.4, -0.2) is 42.0 Å². The second kappa shape index (κ2) is 9.26. The number of benzene rings is 2. The number of ketones is 1. The first-order valence-electron chi connectivity index (χ1n) is 8.18. The molecule has 0 spiro atoms. The van der Waals surface area contributed by atoms with Crippen molar-refractivity contribution in [1.82, 2.24) is 0 Å². The summed E-state index contributed by atoms with van der Waals surface area (Å²) in [7, 11) is 2.65. The van der Waals surface area contributed by atoms with Crippen molar-refractivity contribution in [1.29, 1.82) is 0 Å². The van der Waals surface area contributed by atoms with E-state index in [4.69, 9.17) is 9.47 Å². The van der Waals surface area contributed by atoms with Crippen LogP contribution < -0.4 is 14.8 Å². The Hall–Kier alpha value is -4.02. The first-order valence-corrected chi connectivity index (χ1v) is 8.18. The van der Waals surface area contributed by atoms with E-state index in [-0.39, 0.29) is 34.3 Å². The largest absolute Gasteiger partial charge is 0.508 e. The van der Waals surface area contributed by atoms with Crippen molar-refractivity contribution in [3.8, 4) is 17.2 Å². The molecule has 0 bridgehead atoms. The predicted molar refractivity (Wildman–Crippen MR) is 102 cm³/mol. The molecule has 0 aliphatic heterocycles. The van der Waals surface area contributed by atoms with Crippen LogP contribution >= 0.6 is 0 Å². The van der Waals surface area contributed by atoms with Gasteiger partial charge in [-0.05, 0) is 25.1 Å². The van der Waals surface area contributed by atoms with Crippen LogP contribution in [0.5, 0.6) is 17.2 Å². The van der Waals surface area contributed by atoms with Crippen molar-refractivity contribution in [3.63, 3.8) is 0 Å². The van der Waals surface area contributed by atoms with E-state index in [1.165, 1.54) is 51.5 Å². The quantitative estimate of drug-likeness (QED) is 0.226. The summed E-state index contributed by atoms with van der Waals surface area (Å²) in [6, 6.07) is 6.19. The Morgan fingerprint density at radius 2 is 1.83 bits per heavy atom. The number of nitro benzene ring substituents is 1. The molecule has 1 unspecified atom stereocenters. The zero-order valence-electron chi connectivity index (χ0n) is 15.8. The molecule has 152 valence electrons. The van der Waals surface area contributed by atoms with E-state index in [1.807, 2.05) is 0 Å². The van der Waals surface area contributed by atoms with Crippen LogP contribution in [0.25, 0.3) is 0 Å². The number of rotatable bonds is 8. The average molecular weight is 402 g/mol. The third-order valence-corrected chi connectivity index (χ3v) is 3.73. The maximum atomic E-state index is 12.5. The van der Waals surface area contributed by atoms with Gasteiger partial charge in [-0.1, -0.05) is 0 Å². The summed E-state index contributed by atoms with van der Waals surface area (Å²) in [5, 5.41) is 30.4. The number of amides is 1. The highest BCUT2D eigenvalue weighted by atomic mass is 16.6. The SMILES string of the molecule is COc1cc([N+](=O)[O-])ccc1N=NC(C(C)=O)C(=O)Nc1ccc(O)cc1OC. The average Bonchev–Trinajstić information content (AvgIpc) is 2.69. The highest BCUT2D eigenvalue weighted by Crippen LogP contribution is 2.32. The van der Waals surface area contributed by atoms with Gasteiger partial charge in [0.25, 0.3) is 11.6 Å². The van der Waals surface area contributed by atoms with E-state index >= 15 is 0 Å². The van der Waals surface area contributed by atoms with Gasteiger partial charge in [0.1, 0.15) is 17.2 Å². The van der Waals surface area contributed by atoms with E-state index in [1.54, 1.807) is 0 Å². The van der Waals surface area contributed by atoms with Crippen molar-refractivity contribution in [2.75, 3.05) is 19.5 Å². The van der Waals surface area contributed by atoms with Gasteiger partial charge in [-0.25, -0.2) is 0 Å². The highest BCUT2D eigenvalue weighted by Gasteiger charge is 2.24. The molecule has 0 saturated heterocycles. The summed E-state index contributed by atoms with van der Waals surface area (Å²) in [5.74, 6) is -1.16. The number of nitrogens with one attached hydrogen (secondary N) is 1. The first-order chi connectivity index (χ1) is 13.8.